The maximum atomic E-state index is 9.75. The SMILES string of the molecule is COc1ccc([S+](C)C)cc1.F[B-](F)(F)F. The van der Waals surface area contributed by atoms with Gasteiger partial charge in [0.2, 0.25) is 0 Å². The van der Waals surface area contributed by atoms with Crippen molar-refractivity contribution >= 4 is 18.1 Å². The molecular weight excluding hydrogens is 243 g/mol. The molecule has 0 aliphatic rings. The van der Waals surface area contributed by atoms with Crippen LogP contribution in [0.15, 0.2) is 29.2 Å². The minimum Gasteiger partial charge on any atom is -0.497 e. The zero-order valence-electron chi connectivity index (χ0n) is 9.22. The summed E-state index contributed by atoms with van der Waals surface area (Å²) >= 11 is 0. The number of ether oxygens (including phenoxy) is 1. The first-order chi connectivity index (χ1) is 7.24. The summed E-state index contributed by atoms with van der Waals surface area (Å²) in [6, 6.07) is 8.23. The van der Waals surface area contributed by atoms with E-state index in [1.54, 1.807) is 7.11 Å². The molecule has 0 heterocycles. The molecule has 0 spiro atoms. The highest BCUT2D eigenvalue weighted by Crippen LogP contribution is 2.14. The van der Waals surface area contributed by atoms with E-state index in [-0.39, 0.29) is 0 Å². The Hall–Kier alpha value is -0.845. The standard InChI is InChI=1S/C9H13OS.BF4/c1-10-8-4-6-9(7-5-8)11(2)3;2-1(3,4)5/h4-7H,1-3H3;/q+1;-1. The number of hydrogen-bond acceptors (Lipinski definition) is 1. The highest BCUT2D eigenvalue weighted by atomic mass is 32.2. The Morgan fingerprint density at radius 2 is 1.38 bits per heavy atom. The molecule has 1 aromatic rings. The molecule has 0 N–H and O–H groups in total. The van der Waals surface area contributed by atoms with Crippen molar-refractivity contribution in [3.05, 3.63) is 24.3 Å². The van der Waals surface area contributed by atoms with Crippen LogP contribution in [-0.2, 0) is 10.9 Å². The van der Waals surface area contributed by atoms with E-state index in [9.17, 15) is 17.3 Å². The molecule has 0 amide bonds. The van der Waals surface area contributed by atoms with Crippen molar-refractivity contribution in [2.45, 2.75) is 4.90 Å². The molecule has 0 saturated carbocycles. The molecular formula is C9H13BF4OS. The quantitative estimate of drug-likeness (QED) is 0.448. The van der Waals surface area contributed by atoms with Crippen LogP contribution in [0.25, 0.3) is 0 Å². The van der Waals surface area contributed by atoms with Crippen molar-refractivity contribution in [2.24, 2.45) is 0 Å². The van der Waals surface area contributed by atoms with Crippen LogP contribution < -0.4 is 4.74 Å². The lowest BCUT2D eigenvalue weighted by atomic mass is 10.3. The molecule has 1 rings (SSSR count). The van der Waals surface area contributed by atoms with Gasteiger partial charge in [-0.25, -0.2) is 0 Å². The minimum absolute atomic E-state index is 0.355. The van der Waals surface area contributed by atoms with Crippen molar-refractivity contribution in [2.75, 3.05) is 19.6 Å². The van der Waals surface area contributed by atoms with Gasteiger partial charge in [-0.1, -0.05) is 0 Å². The normalized spacial score (nSPS) is 10.8. The topological polar surface area (TPSA) is 9.23 Å². The van der Waals surface area contributed by atoms with Gasteiger partial charge < -0.3 is 22.0 Å². The lowest BCUT2D eigenvalue weighted by Crippen LogP contribution is -2.02. The van der Waals surface area contributed by atoms with Crippen LogP contribution in [-0.4, -0.2) is 26.9 Å². The third-order valence-corrected chi connectivity index (χ3v) is 2.75. The fourth-order valence-corrected chi connectivity index (χ4v) is 1.53. The van der Waals surface area contributed by atoms with Crippen LogP contribution in [0, 0.1) is 0 Å². The molecule has 0 atom stereocenters. The summed E-state index contributed by atoms with van der Waals surface area (Å²) in [6.45, 7) is 0. The molecule has 0 fully saturated rings. The Balaban J connectivity index is 0.000000385. The lowest BCUT2D eigenvalue weighted by Gasteiger charge is -1.99. The number of rotatable bonds is 2. The average molecular weight is 256 g/mol. The summed E-state index contributed by atoms with van der Waals surface area (Å²) in [7, 11) is -3.96. The molecule has 1 nitrogen and oxygen atoms in total. The van der Waals surface area contributed by atoms with Crippen LogP contribution >= 0.6 is 0 Å². The second-order valence-corrected chi connectivity index (χ2v) is 5.09. The second kappa shape index (κ2) is 6.68. The largest absolute Gasteiger partial charge is 0.673 e. The number of halogens is 4. The maximum absolute atomic E-state index is 9.75. The summed E-state index contributed by atoms with van der Waals surface area (Å²) in [4.78, 5) is 1.38. The molecule has 0 aromatic heterocycles. The van der Waals surface area contributed by atoms with E-state index < -0.39 is 7.25 Å². The number of benzene rings is 1. The second-order valence-electron chi connectivity index (χ2n) is 2.99. The Bertz CT molecular complexity index is 293. The zero-order valence-corrected chi connectivity index (χ0v) is 10.0. The van der Waals surface area contributed by atoms with Crippen LogP contribution in [0.5, 0.6) is 5.75 Å². The monoisotopic (exact) mass is 256 g/mol. The highest BCUT2D eigenvalue weighted by molar-refractivity contribution is 7.95. The molecule has 0 aliphatic carbocycles. The van der Waals surface area contributed by atoms with Crippen molar-refractivity contribution in [3.8, 4) is 5.75 Å². The van der Waals surface area contributed by atoms with Gasteiger partial charge in [0.25, 0.3) is 0 Å². The molecule has 0 saturated heterocycles. The average Bonchev–Trinajstić information content (AvgIpc) is 2.15. The third-order valence-electron chi connectivity index (χ3n) is 1.53. The van der Waals surface area contributed by atoms with Crippen molar-refractivity contribution < 1.29 is 22.0 Å². The summed E-state index contributed by atoms with van der Waals surface area (Å²) in [5.41, 5.74) is 0. The number of hydrogen-bond donors (Lipinski definition) is 0. The van der Waals surface area contributed by atoms with E-state index in [0.717, 1.165) is 5.75 Å². The minimum atomic E-state index is -6.00. The van der Waals surface area contributed by atoms with E-state index >= 15 is 0 Å². The van der Waals surface area contributed by atoms with E-state index in [1.165, 1.54) is 4.90 Å². The maximum Gasteiger partial charge on any atom is 0.673 e. The fraction of sp³-hybridized carbons (Fsp3) is 0.333. The first kappa shape index (κ1) is 15.2. The molecule has 0 radical (unpaired) electrons. The van der Waals surface area contributed by atoms with Crippen molar-refractivity contribution in [3.63, 3.8) is 0 Å². The van der Waals surface area contributed by atoms with Crippen molar-refractivity contribution in [1.82, 2.24) is 0 Å². The molecule has 7 heteroatoms. The lowest BCUT2D eigenvalue weighted by molar-refractivity contribution is 0.368. The van der Waals surface area contributed by atoms with Gasteiger partial charge in [-0.15, -0.1) is 0 Å². The molecule has 16 heavy (non-hydrogen) atoms. The first-order valence-electron chi connectivity index (χ1n) is 4.33. The number of methoxy groups -OCH3 is 1. The van der Waals surface area contributed by atoms with Crippen LogP contribution in [0.1, 0.15) is 0 Å². The van der Waals surface area contributed by atoms with Crippen LogP contribution in [0.4, 0.5) is 17.3 Å². The molecule has 1 aromatic carbocycles. The van der Waals surface area contributed by atoms with Crippen LogP contribution in [0.3, 0.4) is 0 Å². The highest BCUT2D eigenvalue weighted by Gasteiger charge is 2.20. The summed E-state index contributed by atoms with van der Waals surface area (Å²) < 4.78 is 44.1. The van der Waals surface area contributed by atoms with Crippen LogP contribution in [0.2, 0.25) is 0 Å². The zero-order chi connectivity index (χ0) is 12.8. The Labute approximate surface area is 95.3 Å². The van der Waals surface area contributed by atoms with Crippen molar-refractivity contribution in [1.29, 1.82) is 0 Å². The predicted molar refractivity (Wildman–Crippen MR) is 60.7 cm³/mol. The fourth-order valence-electron chi connectivity index (χ4n) is 0.848. The Morgan fingerprint density at radius 1 is 1.00 bits per heavy atom. The molecule has 0 bridgehead atoms. The Morgan fingerprint density at radius 3 is 1.62 bits per heavy atom. The summed E-state index contributed by atoms with van der Waals surface area (Å²) in [5.74, 6) is 0.930. The molecule has 0 aliphatic heterocycles. The van der Waals surface area contributed by atoms with Gasteiger partial charge in [-0.2, -0.15) is 0 Å². The van der Waals surface area contributed by atoms with E-state index in [2.05, 4.69) is 24.6 Å². The van der Waals surface area contributed by atoms with Gasteiger partial charge in [-0.3, -0.25) is 0 Å². The summed E-state index contributed by atoms with van der Waals surface area (Å²) in [6.07, 6.45) is 4.42. The summed E-state index contributed by atoms with van der Waals surface area (Å²) in [5, 5.41) is 0. The van der Waals surface area contributed by atoms with Gasteiger partial charge in [-0.05, 0) is 24.3 Å². The first-order valence-corrected chi connectivity index (χ1v) is 6.37. The van der Waals surface area contributed by atoms with Gasteiger partial charge in [0.05, 0.1) is 7.11 Å². The smallest absolute Gasteiger partial charge is 0.497 e. The van der Waals surface area contributed by atoms with E-state index in [4.69, 9.17) is 4.74 Å². The molecule has 92 valence electrons. The van der Waals surface area contributed by atoms with Gasteiger partial charge in [0, 0.05) is 10.9 Å². The van der Waals surface area contributed by atoms with Gasteiger partial charge in [0.1, 0.15) is 18.3 Å². The van der Waals surface area contributed by atoms with Gasteiger partial charge >= 0.3 is 7.25 Å². The Kier molecular flexibility index (Phi) is 6.32. The van der Waals surface area contributed by atoms with E-state index in [0.29, 0.717) is 10.9 Å². The predicted octanol–water partition coefficient (Wildman–Crippen LogP) is 3.23. The van der Waals surface area contributed by atoms with E-state index in [1.807, 2.05) is 12.1 Å². The molecule has 0 unspecified atom stereocenters. The van der Waals surface area contributed by atoms with Gasteiger partial charge in [0.15, 0.2) is 4.90 Å². The third kappa shape index (κ3) is 8.46.